The van der Waals surface area contributed by atoms with E-state index in [1.165, 1.54) is 4.90 Å². The largest absolute Gasteiger partial charge is 0.463 e. The van der Waals surface area contributed by atoms with Gasteiger partial charge in [-0.25, -0.2) is 4.98 Å². The van der Waals surface area contributed by atoms with Crippen molar-refractivity contribution < 1.29 is 14.0 Å². The summed E-state index contributed by atoms with van der Waals surface area (Å²) in [6, 6.07) is 20.4. The second-order valence-corrected chi connectivity index (χ2v) is 7.27. The molecule has 6 heteroatoms. The highest BCUT2D eigenvalue weighted by atomic mass is 16.3. The summed E-state index contributed by atoms with van der Waals surface area (Å²) in [5.74, 6) is 0.0723. The maximum absolute atomic E-state index is 13.3. The average Bonchev–Trinajstić information content (AvgIpc) is 3.33. The van der Waals surface area contributed by atoms with Gasteiger partial charge in [-0.15, -0.1) is 0 Å². The van der Waals surface area contributed by atoms with Crippen LogP contribution in [0.3, 0.4) is 0 Å². The zero-order valence-corrected chi connectivity index (χ0v) is 17.5. The van der Waals surface area contributed by atoms with E-state index in [1.807, 2.05) is 55.5 Å². The lowest BCUT2D eigenvalue weighted by molar-refractivity contribution is -0.116. The zero-order chi connectivity index (χ0) is 21.8. The second-order valence-electron chi connectivity index (χ2n) is 7.27. The lowest BCUT2D eigenvalue weighted by atomic mass is 10.1. The van der Waals surface area contributed by atoms with Gasteiger partial charge in [-0.05, 0) is 42.3 Å². The van der Waals surface area contributed by atoms with Crippen molar-refractivity contribution in [3.63, 3.8) is 0 Å². The van der Waals surface area contributed by atoms with E-state index >= 15 is 0 Å². The number of aromatic nitrogens is 1. The second kappa shape index (κ2) is 8.83. The lowest BCUT2D eigenvalue weighted by Gasteiger charge is -2.19. The number of para-hydroxylation sites is 2. The molecule has 2 aromatic heterocycles. The van der Waals surface area contributed by atoms with Crippen molar-refractivity contribution in [2.24, 2.45) is 0 Å². The van der Waals surface area contributed by atoms with E-state index in [-0.39, 0.29) is 18.4 Å². The molecule has 6 nitrogen and oxygen atoms in total. The fourth-order valence-corrected chi connectivity index (χ4v) is 3.54. The number of amides is 2. The summed E-state index contributed by atoms with van der Waals surface area (Å²) < 4.78 is 5.46. The molecule has 0 bridgehead atoms. The van der Waals surface area contributed by atoms with Crippen LogP contribution in [0.5, 0.6) is 0 Å². The number of pyridine rings is 1. The van der Waals surface area contributed by atoms with Gasteiger partial charge in [0.1, 0.15) is 5.69 Å². The summed E-state index contributed by atoms with van der Waals surface area (Å²) in [7, 11) is 1.62. The summed E-state index contributed by atoms with van der Waals surface area (Å²) in [6.07, 6.45) is 2.38. The first-order chi connectivity index (χ1) is 15.1. The summed E-state index contributed by atoms with van der Waals surface area (Å²) in [4.78, 5) is 31.9. The Labute approximate surface area is 180 Å². The van der Waals surface area contributed by atoms with Crippen LogP contribution in [0.25, 0.3) is 22.4 Å². The Morgan fingerprint density at radius 2 is 1.81 bits per heavy atom. The van der Waals surface area contributed by atoms with Crippen molar-refractivity contribution in [1.29, 1.82) is 0 Å². The molecule has 2 aromatic carbocycles. The minimum Gasteiger partial charge on any atom is -0.463 e. The molecule has 2 amide bonds. The van der Waals surface area contributed by atoms with Gasteiger partial charge in [0.15, 0.2) is 5.76 Å². The highest BCUT2D eigenvalue weighted by Crippen LogP contribution is 2.26. The summed E-state index contributed by atoms with van der Waals surface area (Å²) in [6.45, 7) is 1.97. The maximum atomic E-state index is 13.3. The fourth-order valence-electron chi connectivity index (χ4n) is 3.54. The minimum atomic E-state index is -0.259. The standard InChI is InChI=1S/C25H23N3O3/c1-3-17-9-4-6-11-20(17)27-24(29)16-28(2)25(30)19-15-22(23-13-8-14-31-23)26-21-12-7-5-10-18(19)21/h4-15H,3,16H2,1-2H3,(H,27,29). The predicted octanol–water partition coefficient (Wildman–Crippen LogP) is 4.77. The predicted molar refractivity (Wildman–Crippen MR) is 121 cm³/mol. The molecule has 0 unspecified atom stereocenters. The molecule has 0 spiro atoms. The molecule has 156 valence electrons. The Kier molecular flexibility index (Phi) is 5.80. The van der Waals surface area contributed by atoms with E-state index in [9.17, 15) is 9.59 Å². The third-order valence-corrected chi connectivity index (χ3v) is 5.12. The number of hydrogen-bond acceptors (Lipinski definition) is 4. The number of benzene rings is 2. The van der Waals surface area contributed by atoms with E-state index in [0.29, 0.717) is 22.5 Å². The van der Waals surface area contributed by atoms with Crippen molar-refractivity contribution in [2.45, 2.75) is 13.3 Å². The average molecular weight is 413 g/mol. The third kappa shape index (κ3) is 4.33. The van der Waals surface area contributed by atoms with Crippen LogP contribution in [-0.2, 0) is 11.2 Å². The van der Waals surface area contributed by atoms with Gasteiger partial charge in [0.25, 0.3) is 5.91 Å². The van der Waals surface area contributed by atoms with Gasteiger partial charge in [-0.3, -0.25) is 9.59 Å². The number of furan rings is 1. The molecule has 4 rings (SSSR count). The van der Waals surface area contributed by atoms with Crippen LogP contribution in [-0.4, -0.2) is 35.3 Å². The molecule has 0 saturated carbocycles. The lowest BCUT2D eigenvalue weighted by Crippen LogP contribution is -2.35. The van der Waals surface area contributed by atoms with E-state index < -0.39 is 0 Å². The van der Waals surface area contributed by atoms with Gasteiger partial charge in [0.05, 0.1) is 23.9 Å². The molecule has 0 radical (unpaired) electrons. The normalized spacial score (nSPS) is 10.8. The first kappa shape index (κ1) is 20.3. The van der Waals surface area contributed by atoms with Gasteiger partial charge < -0.3 is 14.6 Å². The Balaban J connectivity index is 1.59. The summed E-state index contributed by atoms with van der Waals surface area (Å²) in [5.41, 5.74) is 3.55. The highest BCUT2D eigenvalue weighted by molar-refractivity contribution is 6.08. The fraction of sp³-hybridized carbons (Fsp3) is 0.160. The van der Waals surface area contributed by atoms with Crippen molar-refractivity contribution >= 4 is 28.4 Å². The number of rotatable bonds is 6. The van der Waals surface area contributed by atoms with Crippen molar-refractivity contribution in [3.05, 3.63) is 84.1 Å². The molecule has 4 aromatic rings. The number of likely N-dealkylation sites (N-methyl/N-ethyl adjacent to an activating group) is 1. The van der Waals surface area contributed by atoms with Gasteiger partial charge in [0, 0.05) is 18.1 Å². The molecule has 2 heterocycles. The van der Waals surface area contributed by atoms with Gasteiger partial charge in [-0.2, -0.15) is 0 Å². The number of carbonyl (C=O) groups excluding carboxylic acids is 2. The van der Waals surface area contributed by atoms with Crippen LogP contribution >= 0.6 is 0 Å². The number of nitrogens with zero attached hydrogens (tertiary/aromatic N) is 2. The highest BCUT2D eigenvalue weighted by Gasteiger charge is 2.20. The Morgan fingerprint density at radius 1 is 1.03 bits per heavy atom. The molecule has 31 heavy (non-hydrogen) atoms. The molecule has 0 aliphatic carbocycles. The van der Waals surface area contributed by atoms with Crippen molar-refractivity contribution in [3.8, 4) is 11.5 Å². The Hall–Kier alpha value is -3.93. The topological polar surface area (TPSA) is 75.4 Å². The Morgan fingerprint density at radius 3 is 2.58 bits per heavy atom. The van der Waals surface area contributed by atoms with Crippen LogP contribution in [0.1, 0.15) is 22.8 Å². The van der Waals surface area contributed by atoms with Gasteiger partial charge >= 0.3 is 0 Å². The SMILES string of the molecule is CCc1ccccc1NC(=O)CN(C)C(=O)c1cc(-c2ccco2)nc2ccccc12. The third-order valence-electron chi connectivity index (χ3n) is 5.12. The first-order valence-electron chi connectivity index (χ1n) is 10.1. The van der Waals surface area contributed by atoms with Crippen molar-refractivity contribution in [1.82, 2.24) is 9.88 Å². The summed E-state index contributed by atoms with van der Waals surface area (Å²) >= 11 is 0. The molecule has 0 aliphatic heterocycles. The number of aryl methyl sites for hydroxylation is 1. The molecule has 0 saturated heterocycles. The van der Waals surface area contributed by atoms with E-state index in [2.05, 4.69) is 10.3 Å². The van der Waals surface area contributed by atoms with E-state index in [4.69, 9.17) is 4.42 Å². The molecular formula is C25H23N3O3. The van der Waals surface area contributed by atoms with Crippen LogP contribution in [0.4, 0.5) is 5.69 Å². The number of fused-ring (bicyclic) bond motifs is 1. The minimum absolute atomic E-state index is 0.0659. The van der Waals surface area contributed by atoms with Crippen LogP contribution in [0, 0.1) is 0 Å². The van der Waals surface area contributed by atoms with E-state index in [1.54, 1.807) is 31.5 Å². The van der Waals surface area contributed by atoms with E-state index in [0.717, 1.165) is 23.1 Å². The monoisotopic (exact) mass is 413 g/mol. The molecule has 0 fully saturated rings. The quantitative estimate of drug-likeness (QED) is 0.494. The van der Waals surface area contributed by atoms with Crippen LogP contribution < -0.4 is 5.32 Å². The maximum Gasteiger partial charge on any atom is 0.254 e. The van der Waals surface area contributed by atoms with Gasteiger partial charge in [0.2, 0.25) is 5.91 Å². The zero-order valence-electron chi connectivity index (χ0n) is 17.5. The number of nitrogens with one attached hydrogen (secondary N) is 1. The number of carbonyl (C=O) groups is 2. The molecular weight excluding hydrogens is 390 g/mol. The molecule has 1 N–H and O–H groups in total. The van der Waals surface area contributed by atoms with Crippen LogP contribution in [0.15, 0.2) is 77.4 Å². The molecule has 0 atom stereocenters. The summed E-state index contributed by atoms with van der Waals surface area (Å²) in [5, 5.41) is 3.64. The van der Waals surface area contributed by atoms with Crippen molar-refractivity contribution in [2.75, 3.05) is 18.9 Å². The smallest absolute Gasteiger partial charge is 0.254 e. The molecule has 0 aliphatic rings. The number of hydrogen-bond donors (Lipinski definition) is 1. The number of anilines is 1. The van der Waals surface area contributed by atoms with Gasteiger partial charge in [-0.1, -0.05) is 43.3 Å². The van der Waals surface area contributed by atoms with Crippen LogP contribution in [0.2, 0.25) is 0 Å². The first-order valence-corrected chi connectivity index (χ1v) is 10.1. The Bertz CT molecular complexity index is 1230.